The lowest BCUT2D eigenvalue weighted by molar-refractivity contribution is 0.214. The van der Waals surface area contributed by atoms with Gasteiger partial charge in [-0.3, -0.25) is 0 Å². The summed E-state index contributed by atoms with van der Waals surface area (Å²) in [6.45, 7) is 6.13. The summed E-state index contributed by atoms with van der Waals surface area (Å²) in [5.74, 6) is 0. The summed E-state index contributed by atoms with van der Waals surface area (Å²) in [5.41, 5.74) is 4.16. The van der Waals surface area contributed by atoms with Gasteiger partial charge in [-0.2, -0.15) is 0 Å². The first kappa shape index (κ1) is 19.8. The van der Waals surface area contributed by atoms with Crippen molar-refractivity contribution in [3.63, 3.8) is 0 Å². The maximum Gasteiger partial charge on any atom is 0.369 e. The predicted molar refractivity (Wildman–Crippen MR) is 87.8 cm³/mol. The van der Waals surface area contributed by atoms with E-state index in [-0.39, 0.29) is 5.16 Å². The molecule has 0 heterocycles. The summed E-state index contributed by atoms with van der Waals surface area (Å²) >= 11 is 0. The van der Waals surface area contributed by atoms with E-state index in [1.165, 1.54) is 0 Å². The first-order valence-corrected chi connectivity index (χ1v) is 11.0. The highest BCUT2D eigenvalue weighted by atomic mass is 28.4. The maximum atomic E-state index is 5.87. The van der Waals surface area contributed by atoms with E-state index in [1.807, 2.05) is 26.0 Å². The lowest BCUT2D eigenvalue weighted by atomic mass is 10.4. The molecule has 20 heavy (non-hydrogen) atoms. The molecule has 0 unspecified atom stereocenters. The van der Waals surface area contributed by atoms with Gasteiger partial charge in [0.1, 0.15) is 0 Å². The average Bonchev–Trinajstić information content (AvgIpc) is 2.49. The topological polar surface area (TPSA) is 36.9 Å². The molecule has 0 fully saturated rings. The van der Waals surface area contributed by atoms with Crippen LogP contribution in [0, 0.1) is 0 Å². The van der Waals surface area contributed by atoms with E-state index < -0.39 is 17.1 Å². The third-order valence-electron chi connectivity index (χ3n) is 3.62. The van der Waals surface area contributed by atoms with Crippen LogP contribution in [-0.4, -0.2) is 45.6 Å². The fourth-order valence-corrected chi connectivity index (χ4v) is 11.7. The highest BCUT2D eigenvalue weighted by Crippen LogP contribution is 2.39. The first-order valence-electron chi connectivity index (χ1n) is 7.04. The van der Waals surface area contributed by atoms with Crippen molar-refractivity contribution in [3.05, 3.63) is 23.6 Å². The Hall–Kier alpha value is -0.246. The molecule has 0 aromatic carbocycles. The largest absolute Gasteiger partial charge is 0.395 e. The van der Waals surface area contributed by atoms with Crippen LogP contribution in [0.25, 0.3) is 0 Å². The Bertz CT molecular complexity index is 282. The van der Waals surface area contributed by atoms with Gasteiger partial charge in [0, 0.05) is 28.4 Å². The van der Waals surface area contributed by atoms with Crippen molar-refractivity contribution < 1.29 is 17.7 Å². The van der Waals surface area contributed by atoms with Crippen molar-refractivity contribution in [2.45, 2.75) is 38.8 Å². The second kappa shape index (κ2) is 9.65. The van der Waals surface area contributed by atoms with Gasteiger partial charge in [-0.25, -0.2) is 0 Å². The van der Waals surface area contributed by atoms with Crippen molar-refractivity contribution in [2.75, 3.05) is 28.4 Å². The van der Waals surface area contributed by atoms with Crippen molar-refractivity contribution in [1.82, 2.24) is 0 Å². The Labute approximate surface area is 126 Å². The molecule has 0 rings (SSSR count). The number of hydrogen-bond acceptors (Lipinski definition) is 4. The number of hydrogen-bond donors (Lipinski definition) is 0. The zero-order chi connectivity index (χ0) is 15.6. The minimum absolute atomic E-state index is 0.136. The molecule has 0 N–H and O–H groups in total. The molecule has 0 atom stereocenters. The van der Waals surface area contributed by atoms with E-state index in [0.717, 1.165) is 12.8 Å². The highest BCUT2D eigenvalue weighted by molar-refractivity contribution is 6.92. The van der Waals surface area contributed by atoms with Crippen LogP contribution in [0.15, 0.2) is 23.6 Å². The van der Waals surface area contributed by atoms with Crippen molar-refractivity contribution in [1.29, 1.82) is 0 Å². The molecule has 0 aliphatic carbocycles. The zero-order valence-electron chi connectivity index (χ0n) is 13.9. The molecule has 0 radical (unpaired) electrons. The summed E-state index contributed by atoms with van der Waals surface area (Å²) < 4.78 is 23.5. The van der Waals surface area contributed by atoms with E-state index in [2.05, 4.69) is 18.3 Å². The minimum Gasteiger partial charge on any atom is -0.395 e. The van der Waals surface area contributed by atoms with Gasteiger partial charge in [-0.05, 0) is 31.7 Å². The molecule has 0 aromatic heterocycles. The molecule has 0 saturated heterocycles. The molecule has 0 aliphatic heterocycles. The van der Waals surface area contributed by atoms with Gasteiger partial charge >= 0.3 is 17.1 Å². The van der Waals surface area contributed by atoms with Crippen molar-refractivity contribution >= 4 is 17.1 Å². The first-order chi connectivity index (χ1) is 9.56. The molecule has 0 aromatic rings. The molecule has 4 nitrogen and oxygen atoms in total. The predicted octanol–water partition coefficient (Wildman–Crippen LogP) is 3.40. The van der Waals surface area contributed by atoms with Gasteiger partial charge in [-0.1, -0.05) is 25.5 Å². The normalized spacial score (nSPS) is 15.3. The fourth-order valence-electron chi connectivity index (χ4n) is 2.68. The van der Waals surface area contributed by atoms with Gasteiger partial charge in [0.25, 0.3) is 0 Å². The van der Waals surface area contributed by atoms with Crippen molar-refractivity contribution in [2.24, 2.45) is 0 Å². The Kier molecular flexibility index (Phi) is 9.53. The van der Waals surface area contributed by atoms with Crippen LogP contribution in [0.1, 0.15) is 33.6 Å². The van der Waals surface area contributed by atoms with Crippen LogP contribution in [0.5, 0.6) is 0 Å². The van der Waals surface area contributed by atoms with Crippen molar-refractivity contribution in [3.8, 4) is 0 Å². The van der Waals surface area contributed by atoms with E-state index in [4.69, 9.17) is 17.7 Å². The maximum absolute atomic E-state index is 5.87. The van der Waals surface area contributed by atoms with Gasteiger partial charge in [0.2, 0.25) is 0 Å². The average molecular weight is 319 g/mol. The second-order valence-electron chi connectivity index (χ2n) is 4.60. The summed E-state index contributed by atoms with van der Waals surface area (Å²) in [6.07, 6.45) is 5.99. The SMILES string of the molecule is CC=C[Si](OC)(OC)C(CCC)[Si](C=CC)(OC)OC. The molecule has 0 bridgehead atoms. The van der Waals surface area contributed by atoms with E-state index in [0.29, 0.717) is 0 Å². The van der Waals surface area contributed by atoms with E-state index >= 15 is 0 Å². The second-order valence-corrected chi connectivity index (χ2v) is 11.8. The standard InChI is InChI=1S/C14H30O4Si2/c1-8-11-14(19(15-4,16-5)12-9-2)20(17-6,18-7)13-10-3/h9-10,12-14H,8,11H2,1-7H3. The Morgan fingerprint density at radius 1 is 0.800 bits per heavy atom. The molecule has 0 aliphatic rings. The Morgan fingerprint density at radius 2 is 1.15 bits per heavy atom. The third kappa shape index (κ3) is 4.13. The molecule has 0 spiro atoms. The van der Waals surface area contributed by atoms with Crippen LogP contribution >= 0.6 is 0 Å². The number of rotatable bonds is 10. The molecular weight excluding hydrogens is 288 g/mol. The minimum atomic E-state index is -2.53. The van der Waals surface area contributed by atoms with Crippen LogP contribution in [0.2, 0.25) is 5.16 Å². The summed E-state index contributed by atoms with van der Waals surface area (Å²) in [4.78, 5) is 0. The van der Waals surface area contributed by atoms with Crippen LogP contribution in [-0.2, 0) is 17.7 Å². The lowest BCUT2D eigenvalue weighted by Gasteiger charge is -2.40. The monoisotopic (exact) mass is 318 g/mol. The Morgan fingerprint density at radius 3 is 1.35 bits per heavy atom. The summed E-state index contributed by atoms with van der Waals surface area (Å²) in [5, 5.41) is 0.136. The van der Waals surface area contributed by atoms with Gasteiger partial charge in [0.05, 0.1) is 5.16 Å². The van der Waals surface area contributed by atoms with Gasteiger partial charge < -0.3 is 17.7 Å². The molecule has 6 heteroatoms. The quantitative estimate of drug-likeness (QED) is 0.579. The fraction of sp³-hybridized carbons (Fsp3) is 0.714. The van der Waals surface area contributed by atoms with E-state index in [1.54, 1.807) is 28.4 Å². The van der Waals surface area contributed by atoms with Crippen LogP contribution in [0.3, 0.4) is 0 Å². The van der Waals surface area contributed by atoms with Gasteiger partial charge in [0.15, 0.2) is 0 Å². The molecular formula is C14H30O4Si2. The van der Waals surface area contributed by atoms with Gasteiger partial charge in [-0.15, -0.1) is 0 Å². The smallest absolute Gasteiger partial charge is 0.369 e. The Balaban J connectivity index is 5.90. The molecule has 0 amide bonds. The third-order valence-corrected chi connectivity index (χ3v) is 12.7. The number of allylic oxidation sites excluding steroid dienone is 2. The van der Waals surface area contributed by atoms with Crippen LogP contribution in [0.4, 0.5) is 0 Å². The van der Waals surface area contributed by atoms with Crippen LogP contribution < -0.4 is 0 Å². The summed E-state index contributed by atoms with van der Waals surface area (Å²) in [6, 6.07) is 0. The molecule has 118 valence electrons. The summed E-state index contributed by atoms with van der Waals surface area (Å²) in [7, 11) is 1.83. The van der Waals surface area contributed by atoms with E-state index in [9.17, 15) is 0 Å². The molecule has 0 saturated carbocycles. The zero-order valence-corrected chi connectivity index (χ0v) is 15.9. The highest BCUT2D eigenvalue weighted by Gasteiger charge is 2.56. The lowest BCUT2D eigenvalue weighted by Crippen LogP contribution is -2.58.